The SMILES string of the molecule is O=C(C(O)=Cc1ccccc1F)c1ccccc1. The highest BCUT2D eigenvalue weighted by Gasteiger charge is 2.11. The minimum Gasteiger partial charge on any atom is -0.504 e. The molecule has 0 unspecified atom stereocenters. The molecule has 3 heteroatoms. The maximum absolute atomic E-state index is 13.3. The molecule has 0 saturated heterocycles. The van der Waals surface area contributed by atoms with Crippen molar-refractivity contribution >= 4 is 11.9 Å². The molecule has 0 aliphatic heterocycles. The molecule has 2 nitrogen and oxygen atoms in total. The standard InChI is InChI=1S/C15H11FO2/c16-13-9-5-4-8-12(13)10-14(17)15(18)11-6-2-1-3-7-11/h1-10,17H. The number of Topliss-reactive ketones (excluding diaryl/α,β-unsaturated/α-hetero) is 1. The smallest absolute Gasteiger partial charge is 0.227 e. The van der Waals surface area contributed by atoms with E-state index >= 15 is 0 Å². The summed E-state index contributed by atoms with van der Waals surface area (Å²) in [5.41, 5.74) is 0.543. The van der Waals surface area contributed by atoms with E-state index in [4.69, 9.17) is 0 Å². The number of ketones is 1. The number of benzene rings is 2. The topological polar surface area (TPSA) is 37.3 Å². The summed E-state index contributed by atoms with van der Waals surface area (Å²) in [6.45, 7) is 0. The van der Waals surface area contributed by atoms with Gasteiger partial charge in [0, 0.05) is 11.1 Å². The predicted octanol–water partition coefficient (Wildman–Crippen LogP) is 3.61. The monoisotopic (exact) mass is 242 g/mol. The Labute approximate surface area is 104 Å². The lowest BCUT2D eigenvalue weighted by atomic mass is 10.1. The fourth-order valence-electron chi connectivity index (χ4n) is 1.54. The molecule has 0 fully saturated rings. The van der Waals surface area contributed by atoms with Gasteiger partial charge in [-0.1, -0.05) is 48.5 Å². The molecular formula is C15H11FO2. The third-order valence-corrected chi connectivity index (χ3v) is 2.47. The van der Waals surface area contributed by atoms with Gasteiger partial charge in [0.2, 0.25) is 5.78 Å². The molecule has 2 rings (SSSR count). The number of allylic oxidation sites excluding steroid dienone is 1. The average molecular weight is 242 g/mol. The maximum Gasteiger partial charge on any atom is 0.227 e. The second-order valence-corrected chi connectivity index (χ2v) is 3.75. The lowest BCUT2D eigenvalue weighted by Crippen LogP contribution is -2.02. The van der Waals surface area contributed by atoms with Crippen LogP contribution in [-0.2, 0) is 0 Å². The second-order valence-electron chi connectivity index (χ2n) is 3.75. The molecule has 0 heterocycles. The number of carbonyl (C=O) groups is 1. The zero-order chi connectivity index (χ0) is 13.0. The van der Waals surface area contributed by atoms with Gasteiger partial charge in [-0.05, 0) is 12.1 Å². The molecule has 0 amide bonds. The van der Waals surface area contributed by atoms with E-state index in [-0.39, 0.29) is 5.56 Å². The molecule has 0 atom stereocenters. The molecular weight excluding hydrogens is 231 g/mol. The number of hydrogen-bond donors (Lipinski definition) is 1. The van der Waals surface area contributed by atoms with E-state index in [9.17, 15) is 14.3 Å². The fraction of sp³-hybridized carbons (Fsp3) is 0. The largest absolute Gasteiger partial charge is 0.504 e. The minimum absolute atomic E-state index is 0.180. The third-order valence-electron chi connectivity index (χ3n) is 2.47. The molecule has 0 aliphatic rings. The Morgan fingerprint density at radius 2 is 1.61 bits per heavy atom. The van der Waals surface area contributed by atoms with Crippen LogP contribution in [0.5, 0.6) is 0 Å². The van der Waals surface area contributed by atoms with Crippen molar-refractivity contribution in [2.24, 2.45) is 0 Å². The molecule has 0 radical (unpaired) electrons. The van der Waals surface area contributed by atoms with E-state index < -0.39 is 17.4 Å². The van der Waals surface area contributed by atoms with Crippen molar-refractivity contribution in [1.82, 2.24) is 0 Å². The van der Waals surface area contributed by atoms with E-state index in [2.05, 4.69) is 0 Å². The summed E-state index contributed by atoms with van der Waals surface area (Å²) in [6.07, 6.45) is 1.13. The molecule has 1 N–H and O–H groups in total. The number of aliphatic hydroxyl groups is 1. The number of hydrogen-bond acceptors (Lipinski definition) is 2. The van der Waals surface area contributed by atoms with Crippen molar-refractivity contribution in [1.29, 1.82) is 0 Å². The van der Waals surface area contributed by atoms with Gasteiger partial charge in [0.1, 0.15) is 5.82 Å². The molecule has 2 aromatic rings. The van der Waals surface area contributed by atoms with E-state index in [1.54, 1.807) is 42.5 Å². The van der Waals surface area contributed by atoms with Crippen LogP contribution in [0.2, 0.25) is 0 Å². The third kappa shape index (κ3) is 2.63. The first-order chi connectivity index (χ1) is 8.68. The first kappa shape index (κ1) is 12.0. The summed E-state index contributed by atoms with van der Waals surface area (Å²) in [6, 6.07) is 14.3. The van der Waals surface area contributed by atoms with E-state index in [1.807, 2.05) is 0 Å². The molecule has 90 valence electrons. The highest BCUT2D eigenvalue weighted by atomic mass is 19.1. The van der Waals surface area contributed by atoms with Crippen molar-refractivity contribution in [2.75, 3.05) is 0 Å². The molecule has 0 aromatic heterocycles. The Balaban J connectivity index is 2.30. The zero-order valence-electron chi connectivity index (χ0n) is 9.51. The summed E-state index contributed by atoms with van der Waals surface area (Å²) in [4.78, 5) is 11.8. The zero-order valence-corrected chi connectivity index (χ0v) is 9.51. The lowest BCUT2D eigenvalue weighted by molar-refractivity contribution is 0.0980. The van der Waals surface area contributed by atoms with E-state index in [0.717, 1.165) is 6.08 Å². The summed E-state index contributed by atoms with van der Waals surface area (Å²) in [5.74, 6) is -1.49. The van der Waals surface area contributed by atoms with E-state index in [1.165, 1.54) is 12.1 Å². The Hall–Kier alpha value is -2.42. The van der Waals surface area contributed by atoms with Crippen LogP contribution < -0.4 is 0 Å². The Morgan fingerprint density at radius 3 is 2.28 bits per heavy atom. The van der Waals surface area contributed by atoms with Crippen LogP contribution in [0.25, 0.3) is 6.08 Å². The van der Waals surface area contributed by atoms with Crippen LogP contribution in [0.3, 0.4) is 0 Å². The van der Waals surface area contributed by atoms with Gasteiger partial charge < -0.3 is 5.11 Å². The summed E-state index contributed by atoms with van der Waals surface area (Å²) >= 11 is 0. The average Bonchev–Trinajstić information content (AvgIpc) is 2.41. The first-order valence-corrected chi connectivity index (χ1v) is 5.43. The predicted molar refractivity (Wildman–Crippen MR) is 67.8 cm³/mol. The normalized spacial score (nSPS) is 11.3. The van der Waals surface area contributed by atoms with Gasteiger partial charge in [-0.15, -0.1) is 0 Å². The second kappa shape index (κ2) is 5.27. The number of halogens is 1. The summed E-state index contributed by atoms with van der Waals surface area (Å²) < 4.78 is 13.3. The molecule has 0 saturated carbocycles. The van der Waals surface area contributed by atoms with Gasteiger partial charge in [0.25, 0.3) is 0 Å². The Morgan fingerprint density at radius 1 is 1.00 bits per heavy atom. The van der Waals surface area contributed by atoms with Crippen molar-refractivity contribution in [3.05, 3.63) is 77.3 Å². The number of aliphatic hydroxyl groups excluding tert-OH is 1. The highest BCUT2D eigenvalue weighted by molar-refractivity contribution is 6.09. The maximum atomic E-state index is 13.3. The lowest BCUT2D eigenvalue weighted by Gasteiger charge is -2.01. The fourth-order valence-corrected chi connectivity index (χ4v) is 1.54. The van der Waals surface area contributed by atoms with Gasteiger partial charge in [-0.3, -0.25) is 4.79 Å². The molecule has 0 aliphatic carbocycles. The van der Waals surface area contributed by atoms with Crippen LogP contribution >= 0.6 is 0 Å². The van der Waals surface area contributed by atoms with E-state index in [0.29, 0.717) is 5.56 Å². The summed E-state index contributed by atoms with van der Waals surface area (Å²) in [5, 5.41) is 9.69. The van der Waals surface area contributed by atoms with Gasteiger partial charge in [-0.2, -0.15) is 0 Å². The van der Waals surface area contributed by atoms with Gasteiger partial charge in [0.05, 0.1) is 0 Å². The van der Waals surface area contributed by atoms with Crippen LogP contribution in [0.4, 0.5) is 4.39 Å². The molecule has 18 heavy (non-hydrogen) atoms. The van der Waals surface area contributed by atoms with Crippen LogP contribution in [0, 0.1) is 5.82 Å². The van der Waals surface area contributed by atoms with Crippen LogP contribution in [0.15, 0.2) is 60.4 Å². The van der Waals surface area contributed by atoms with Crippen molar-refractivity contribution in [2.45, 2.75) is 0 Å². The molecule has 0 bridgehead atoms. The Bertz CT molecular complexity index is 588. The first-order valence-electron chi connectivity index (χ1n) is 5.43. The summed E-state index contributed by atoms with van der Waals surface area (Å²) in [7, 11) is 0. The molecule has 0 spiro atoms. The van der Waals surface area contributed by atoms with Gasteiger partial charge >= 0.3 is 0 Å². The quantitative estimate of drug-likeness (QED) is 0.507. The van der Waals surface area contributed by atoms with Crippen molar-refractivity contribution in [3.8, 4) is 0 Å². The van der Waals surface area contributed by atoms with Crippen LogP contribution in [0.1, 0.15) is 15.9 Å². The van der Waals surface area contributed by atoms with Crippen LogP contribution in [-0.4, -0.2) is 10.9 Å². The highest BCUT2D eigenvalue weighted by Crippen LogP contribution is 2.13. The molecule has 2 aromatic carbocycles. The van der Waals surface area contributed by atoms with Gasteiger partial charge in [0.15, 0.2) is 5.76 Å². The van der Waals surface area contributed by atoms with Crippen molar-refractivity contribution in [3.63, 3.8) is 0 Å². The van der Waals surface area contributed by atoms with Crippen molar-refractivity contribution < 1.29 is 14.3 Å². The number of rotatable bonds is 3. The minimum atomic E-state index is -0.529. The number of carbonyl (C=O) groups excluding carboxylic acids is 1. The van der Waals surface area contributed by atoms with Gasteiger partial charge in [-0.25, -0.2) is 4.39 Å². The Kier molecular flexibility index (Phi) is 3.53.